The first-order valence-electron chi connectivity index (χ1n) is 10.8. The topological polar surface area (TPSA) is 120 Å². The highest BCUT2D eigenvalue weighted by Crippen LogP contribution is 2.29. The first-order valence-corrected chi connectivity index (χ1v) is 10.8. The second kappa shape index (κ2) is 11.2. The third-order valence-corrected chi connectivity index (χ3v) is 5.18. The highest BCUT2D eigenvalue weighted by atomic mass is 19.4. The summed E-state index contributed by atoms with van der Waals surface area (Å²) in [6.07, 6.45) is 2.03. The highest BCUT2D eigenvalue weighted by Gasteiger charge is 2.36. The number of rotatable bonds is 5. The molecule has 0 atom stereocenters. The molecule has 0 amide bonds. The minimum atomic E-state index is -4.74. The first-order chi connectivity index (χ1) is 17.5. The molecular formula is C23H20F6N6O2. The van der Waals surface area contributed by atoms with Crippen LogP contribution in [0.25, 0.3) is 22.2 Å². The number of nitrogens with zero attached hydrogens (tertiary/aromatic N) is 4. The smallest absolute Gasteiger partial charge is 0.397 e. The molecule has 0 aliphatic carbocycles. The lowest BCUT2D eigenvalue weighted by atomic mass is 10.1. The molecule has 3 aromatic heterocycles. The third kappa shape index (κ3) is 6.13. The number of aromatic nitrogens is 5. The molecule has 0 radical (unpaired) electrons. The number of nitrogens with one attached hydrogen (secondary N) is 1. The van der Waals surface area contributed by atoms with Crippen molar-refractivity contribution >= 4 is 16.5 Å². The average molecular weight is 526 g/mol. The number of benzene rings is 1. The maximum atomic E-state index is 14.5. The molecule has 1 aromatic carbocycles. The fraction of sp³-hybridized carbons (Fsp3) is 0.261. The molecule has 4 rings (SSSR count). The molecule has 14 heteroatoms. The van der Waals surface area contributed by atoms with Crippen molar-refractivity contribution < 1.29 is 26.3 Å². The number of nitrogens with two attached hydrogens (primary N) is 1. The Bertz CT molecular complexity index is 1520. The van der Waals surface area contributed by atoms with E-state index in [1.165, 1.54) is 10.6 Å². The molecule has 0 fully saturated rings. The van der Waals surface area contributed by atoms with Crippen LogP contribution in [0, 0.1) is 17.5 Å². The lowest BCUT2D eigenvalue weighted by molar-refractivity contribution is -0.138. The van der Waals surface area contributed by atoms with Gasteiger partial charge in [0.25, 0.3) is 11.1 Å². The minimum absolute atomic E-state index is 0.146. The summed E-state index contributed by atoms with van der Waals surface area (Å²) < 4.78 is 79.2. The number of aryl methyl sites for hydroxylation is 1. The van der Waals surface area contributed by atoms with Crippen LogP contribution in [0.4, 0.5) is 32.0 Å². The fourth-order valence-corrected chi connectivity index (χ4v) is 3.40. The molecule has 0 aliphatic heterocycles. The van der Waals surface area contributed by atoms with Crippen molar-refractivity contribution in [2.45, 2.75) is 38.9 Å². The summed E-state index contributed by atoms with van der Waals surface area (Å²) in [6.45, 7) is 2.49. The predicted molar refractivity (Wildman–Crippen MR) is 123 cm³/mol. The Morgan fingerprint density at radius 1 is 1.03 bits per heavy atom. The molecule has 0 bridgehead atoms. The van der Waals surface area contributed by atoms with E-state index in [1.54, 1.807) is 17.4 Å². The molecule has 0 saturated heterocycles. The first kappa shape index (κ1) is 27.4. The molecule has 8 nitrogen and oxygen atoms in total. The standard InChI is InChI=1S/C18H16F3N3O.C5H4F3N3O/c1-2-3-4-6-24-7-5-11-8-13(17-22-9-12(19)10-23-17)15(20)16(21)14(11)18(24)25;6-5(7,8)3-2(9)1-10-11-4(3)12/h5,7-10H,2-4,6H2,1H3;1H,(H3,9,11,12). The van der Waals surface area contributed by atoms with Crippen molar-refractivity contribution in [1.29, 1.82) is 0 Å². The van der Waals surface area contributed by atoms with Crippen molar-refractivity contribution in [3.05, 3.63) is 80.6 Å². The van der Waals surface area contributed by atoms with E-state index in [0.29, 0.717) is 6.54 Å². The molecule has 0 saturated carbocycles. The van der Waals surface area contributed by atoms with Crippen molar-refractivity contribution in [2.24, 2.45) is 0 Å². The number of pyridine rings is 1. The van der Waals surface area contributed by atoms with Gasteiger partial charge in [0, 0.05) is 12.7 Å². The summed E-state index contributed by atoms with van der Waals surface area (Å²) in [4.78, 5) is 30.4. The number of fused-ring (bicyclic) bond motifs is 1. The average Bonchev–Trinajstić information content (AvgIpc) is 2.83. The molecule has 0 aliphatic rings. The number of hydrogen-bond donors (Lipinski definition) is 2. The number of aromatic amines is 1. The Labute approximate surface area is 204 Å². The van der Waals surface area contributed by atoms with E-state index in [-0.39, 0.29) is 22.2 Å². The summed E-state index contributed by atoms with van der Waals surface area (Å²) in [5, 5.41) is 4.68. The zero-order valence-electron chi connectivity index (χ0n) is 19.2. The van der Waals surface area contributed by atoms with Gasteiger partial charge in [0.05, 0.1) is 35.2 Å². The van der Waals surface area contributed by atoms with Crippen LogP contribution in [-0.2, 0) is 12.7 Å². The van der Waals surface area contributed by atoms with Crippen LogP contribution in [0.1, 0.15) is 31.7 Å². The van der Waals surface area contributed by atoms with E-state index < -0.39 is 46.0 Å². The van der Waals surface area contributed by atoms with Crippen LogP contribution in [0.2, 0.25) is 0 Å². The maximum absolute atomic E-state index is 14.5. The number of H-pyrrole nitrogens is 1. The summed E-state index contributed by atoms with van der Waals surface area (Å²) in [6, 6.07) is 2.86. The third-order valence-electron chi connectivity index (χ3n) is 5.18. The number of halogens is 6. The summed E-state index contributed by atoms with van der Waals surface area (Å²) in [7, 11) is 0. The molecule has 4 aromatic rings. The van der Waals surface area contributed by atoms with E-state index in [4.69, 9.17) is 5.73 Å². The van der Waals surface area contributed by atoms with Gasteiger partial charge in [0.15, 0.2) is 23.3 Å². The zero-order valence-corrected chi connectivity index (χ0v) is 19.2. The Morgan fingerprint density at radius 2 is 1.70 bits per heavy atom. The van der Waals surface area contributed by atoms with Gasteiger partial charge in [0.1, 0.15) is 5.56 Å². The Morgan fingerprint density at radius 3 is 2.27 bits per heavy atom. The molecule has 3 heterocycles. The van der Waals surface area contributed by atoms with Crippen LogP contribution in [0.5, 0.6) is 0 Å². The van der Waals surface area contributed by atoms with Gasteiger partial charge < -0.3 is 10.3 Å². The van der Waals surface area contributed by atoms with Crippen molar-refractivity contribution in [1.82, 2.24) is 24.7 Å². The highest BCUT2D eigenvalue weighted by molar-refractivity contribution is 5.86. The summed E-state index contributed by atoms with van der Waals surface area (Å²) >= 11 is 0. The second-order valence-electron chi connectivity index (χ2n) is 7.79. The Hall–Kier alpha value is -4.23. The Kier molecular flexibility index (Phi) is 8.30. The van der Waals surface area contributed by atoms with Gasteiger partial charge in [-0.1, -0.05) is 19.8 Å². The SMILES string of the molecule is CCCCCn1ccc2cc(-c3ncc(F)cn3)c(F)c(F)c2c1=O.Nc1cn[nH]c(=O)c1C(F)(F)F. The molecule has 3 N–H and O–H groups in total. The largest absolute Gasteiger partial charge is 0.423 e. The van der Waals surface area contributed by atoms with Gasteiger partial charge in [-0.05, 0) is 23.9 Å². The lowest BCUT2D eigenvalue weighted by Gasteiger charge is -2.10. The summed E-state index contributed by atoms with van der Waals surface area (Å²) in [5.74, 6) is -3.29. The van der Waals surface area contributed by atoms with Gasteiger partial charge in [-0.15, -0.1) is 0 Å². The number of anilines is 1. The van der Waals surface area contributed by atoms with Crippen molar-refractivity contribution in [3.63, 3.8) is 0 Å². The van der Waals surface area contributed by atoms with Crippen LogP contribution in [0.15, 0.2) is 46.5 Å². The van der Waals surface area contributed by atoms with Crippen LogP contribution in [0.3, 0.4) is 0 Å². The fourth-order valence-electron chi connectivity index (χ4n) is 3.40. The predicted octanol–water partition coefficient (Wildman–Crippen LogP) is 4.44. The van der Waals surface area contributed by atoms with E-state index in [2.05, 4.69) is 15.1 Å². The number of alkyl halides is 3. The molecular weight excluding hydrogens is 506 g/mol. The van der Waals surface area contributed by atoms with Gasteiger partial charge in [-0.25, -0.2) is 28.2 Å². The number of nitrogen functional groups attached to an aromatic ring is 1. The lowest BCUT2D eigenvalue weighted by Crippen LogP contribution is -2.24. The van der Waals surface area contributed by atoms with Gasteiger partial charge in [0.2, 0.25) is 0 Å². The zero-order chi connectivity index (χ0) is 27.3. The Balaban J connectivity index is 0.000000266. The molecule has 0 unspecified atom stereocenters. The molecule has 196 valence electrons. The van der Waals surface area contributed by atoms with Gasteiger partial charge in [-0.2, -0.15) is 18.3 Å². The normalized spacial score (nSPS) is 11.3. The minimum Gasteiger partial charge on any atom is -0.397 e. The quantitative estimate of drug-likeness (QED) is 0.293. The van der Waals surface area contributed by atoms with Gasteiger partial charge >= 0.3 is 6.18 Å². The van der Waals surface area contributed by atoms with E-state index in [9.17, 15) is 35.9 Å². The van der Waals surface area contributed by atoms with E-state index in [1.807, 2.05) is 6.92 Å². The maximum Gasteiger partial charge on any atom is 0.423 e. The van der Waals surface area contributed by atoms with Crippen LogP contribution in [-0.4, -0.2) is 24.7 Å². The van der Waals surface area contributed by atoms with E-state index >= 15 is 0 Å². The van der Waals surface area contributed by atoms with Crippen LogP contribution < -0.4 is 16.9 Å². The number of unbranched alkanes of at least 4 members (excludes halogenated alkanes) is 2. The van der Waals surface area contributed by atoms with Crippen LogP contribution >= 0.6 is 0 Å². The second-order valence-corrected chi connectivity index (χ2v) is 7.79. The monoisotopic (exact) mass is 526 g/mol. The van der Waals surface area contributed by atoms with E-state index in [0.717, 1.165) is 37.9 Å². The van der Waals surface area contributed by atoms with Gasteiger partial charge in [-0.3, -0.25) is 9.59 Å². The summed E-state index contributed by atoms with van der Waals surface area (Å²) in [5.41, 5.74) is 0.707. The molecule has 37 heavy (non-hydrogen) atoms. The van der Waals surface area contributed by atoms with Crippen molar-refractivity contribution in [3.8, 4) is 11.4 Å². The number of hydrogen-bond acceptors (Lipinski definition) is 6. The molecule has 0 spiro atoms. The van der Waals surface area contributed by atoms with Crippen molar-refractivity contribution in [2.75, 3.05) is 5.73 Å².